The lowest BCUT2D eigenvalue weighted by Crippen LogP contribution is -2.30. The number of amides is 1. The van der Waals surface area contributed by atoms with Crippen LogP contribution in [0.2, 0.25) is 0 Å². The van der Waals surface area contributed by atoms with Crippen LogP contribution >= 0.6 is 0 Å². The fraction of sp³-hybridized carbons (Fsp3) is 0.250. The Morgan fingerprint density at radius 3 is 2.66 bits per heavy atom. The molecule has 0 spiro atoms. The number of aromatic nitrogens is 2. The Bertz CT molecular complexity index is 1150. The first-order chi connectivity index (χ1) is 14.2. The largest absolute Gasteiger partial charge is 0.396 e. The number of imidazole rings is 1. The number of aryl methyl sites for hydroxylation is 1. The summed E-state index contributed by atoms with van der Waals surface area (Å²) in [6, 6.07) is 22.2. The summed E-state index contributed by atoms with van der Waals surface area (Å²) in [4.78, 5) is 17.5. The lowest BCUT2D eigenvalue weighted by molar-refractivity contribution is -0.122. The Hall–Kier alpha value is -3.18. The van der Waals surface area contributed by atoms with Crippen LogP contribution in [-0.2, 0) is 17.8 Å². The van der Waals surface area contributed by atoms with Gasteiger partial charge in [-0.15, -0.1) is 0 Å². The summed E-state index contributed by atoms with van der Waals surface area (Å²) in [5.41, 5.74) is 2.89. The van der Waals surface area contributed by atoms with Gasteiger partial charge in [-0.05, 0) is 47.9 Å². The monoisotopic (exact) mass is 387 g/mol. The maximum Gasteiger partial charge on any atom is 0.240 e. The molecule has 0 bridgehead atoms. The fourth-order valence-corrected chi connectivity index (χ4v) is 3.72. The number of aliphatic hydroxyl groups is 1. The summed E-state index contributed by atoms with van der Waals surface area (Å²) in [7, 11) is 0. The molecule has 1 atom stereocenters. The van der Waals surface area contributed by atoms with Crippen molar-refractivity contribution < 1.29 is 9.90 Å². The minimum atomic E-state index is -0.0946. The van der Waals surface area contributed by atoms with Crippen LogP contribution in [0.25, 0.3) is 21.8 Å². The first-order valence-corrected chi connectivity index (χ1v) is 9.99. The van der Waals surface area contributed by atoms with E-state index < -0.39 is 0 Å². The number of nitrogens with zero attached hydrogens (tertiary/aromatic N) is 2. The number of benzene rings is 3. The van der Waals surface area contributed by atoms with Crippen LogP contribution in [0.4, 0.5) is 0 Å². The van der Waals surface area contributed by atoms with E-state index in [2.05, 4.69) is 40.6 Å². The van der Waals surface area contributed by atoms with Crippen molar-refractivity contribution in [2.75, 3.05) is 6.61 Å². The standard InChI is InChI=1S/C24H25N3O2/c1-17(19-13-12-18-7-2-3-8-20(18)15-19)25-24(29)16-27-22-10-5-4-9-21(22)26-23(27)11-6-14-28/h2-5,7-10,12-13,15,17,28H,6,11,14,16H2,1H3,(H,25,29)/t17-/m0/s1. The molecule has 5 nitrogen and oxygen atoms in total. The first kappa shape index (κ1) is 19.2. The third-order valence-corrected chi connectivity index (χ3v) is 5.24. The van der Waals surface area contributed by atoms with E-state index in [1.54, 1.807) is 0 Å². The summed E-state index contributed by atoms with van der Waals surface area (Å²) >= 11 is 0. The van der Waals surface area contributed by atoms with E-state index in [9.17, 15) is 9.90 Å². The topological polar surface area (TPSA) is 67.2 Å². The van der Waals surface area contributed by atoms with Gasteiger partial charge in [0.2, 0.25) is 5.91 Å². The van der Waals surface area contributed by atoms with E-state index in [0.717, 1.165) is 27.8 Å². The van der Waals surface area contributed by atoms with Crippen molar-refractivity contribution in [3.8, 4) is 0 Å². The Morgan fingerprint density at radius 2 is 1.83 bits per heavy atom. The minimum absolute atomic E-state index is 0.0564. The molecule has 0 aliphatic heterocycles. The van der Waals surface area contributed by atoms with Crippen LogP contribution < -0.4 is 5.32 Å². The molecule has 2 N–H and O–H groups in total. The van der Waals surface area contributed by atoms with Gasteiger partial charge in [-0.3, -0.25) is 4.79 Å². The number of hydrogen-bond acceptors (Lipinski definition) is 3. The molecule has 0 fully saturated rings. The molecule has 0 aliphatic carbocycles. The van der Waals surface area contributed by atoms with Crippen molar-refractivity contribution in [1.82, 2.24) is 14.9 Å². The summed E-state index contributed by atoms with van der Waals surface area (Å²) < 4.78 is 1.95. The number of nitrogens with one attached hydrogen (secondary N) is 1. The molecule has 0 saturated heterocycles. The summed E-state index contributed by atoms with van der Waals surface area (Å²) in [5.74, 6) is 0.771. The zero-order valence-corrected chi connectivity index (χ0v) is 16.5. The van der Waals surface area contributed by atoms with Gasteiger partial charge in [0, 0.05) is 13.0 Å². The van der Waals surface area contributed by atoms with Gasteiger partial charge in [0.1, 0.15) is 12.4 Å². The Kier molecular flexibility index (Phi) is 5.58. The molecule has 1 aromatic heterocycles. The Morgan fingerprint density at radius 1 is 1.07 bits per heavy atom. The molecular formula is C24H25N3O2. The molecule has 4 rings (SSSR count). The maximum atomic E-state index is 12.8. The summed E-state index contributed by atoms with van der Waals surface area (Å²) in [5, 5.41) is 14.6. The molecule has 4 aromatic rings. The number of carbonyl (C=O) groups excluding carboxylic acids is 1. The normalized spacial score (nSPS) is 12.3. The van der Waals surface area contributed by atoms with Gasteiger partial charge >= 0.3 is 0 Å². The summed E-state index contributed by atoms with van der Waals surface area (Å²) in [6.45, 7) is 2.31. The highest BCUT2D eigenvalue weighted by Crippen LogP contribution is 2.21. The van der Waals surface area contributed by atoms with Crippen molar-refractivity contribution in [2.24, 2.45) is 0 Å². The van der Waals surface area contributed by atoms with Gasteiger partial charge in [-0.1, -0.05) is 48.5 Å². The minimum Gasteiger partial charge on any atom is -0.396 e. The smallest absolute Gasteiger partial charge is 0.240 e. The predicted octanol–water partition coefficient (Wildman–Crippen LogP) is 3.99. The lowest BCUT2D eigenvalue weighted by atomic mass is 10.0. The molecule has 148 valence electrons. The van der Waals surface area contributed by atoms with E-state index >= 15 is 0 Å². The third-order valence-electron chi connectivity index (χ3n) is 5.24. The van der Waals surface area contributed by atoms with Crippen LogP contribution in [0.15, 0.2) is 66.7 Å². The highest BCUT2D eigenvalue weighted by atomic mass is 16.3. The number of rotatable bonds is 7. The van der Waals surface area contributed by atoms with E-state index in [0.29, 0.717) is 12.8 Å². The highest BCUT2D eigenvalue weighted by molar-refractivity contribution is 5.84. The van der Waals surface area contributed by atoms with Crippen LogP contribution in [0.5, 0.6) is 0 Å². The predicted molar refractivity (Wildman–Crippen MR) is 116 cm³/mol. The van der Waals surface area contributed by atoms with Crippen molar-refractivity contribution in [2.45, 2.75) is 32.4 Å². The molecule has 0 radical (unpaired) electrons. The molecule has 1 amide bonds. The zero-order valence-electron chi connectivity index (χ0n) is 16.5. The SMILES string of the molecule is C[C@H](NC(=O)Cn1c(CCCO)nc2ccccc21)c1ccc2ccccc2c1. The van der Waals surface area contributed by atoms with Crippen molar-refractivity contribution in [3.05, 3.63) is 78.1 Å². The summed E-state index contributed by atoms with van der Waals surface area (Å²) in [6.07, 6.45) is 1.26. The molecule has 3 aromatic carbocycles. The first-order valence-electron chi connectivity index (χ1n) is 9.99. The Balaban J connectivity index is 1.52. The van der Waals surface area contributed by atoms with Gasteiger partial charge < -0.3 is 15.0 Å². The number of carbonyl (C=O) groups is 1. The van der Waals surface area contributed by atoms with Crippen LogP contribution in [0.3, 0.4) is 0 Å². The average Bonchev–Trinajstić information content (AvgIpc) is 3.09. The highest BCUT2D eigenvalue weighted by Gasteiger charge is 2.15. The number of aliphatic hydroxyl groups excluding tert-OH is 1. The van der Waals surface area contributed by atoms with Gasteiger partial charge in [-0.25, -0.2) is 4.98 Å². The van der Waals surface area contributed by atoms with Crippen molar-refractivity contribution in [3.63, 3.8) is 0 Å². The van der Waals surface area contributed by atoms with Gasteiger partial charge in [-0.2, -0.15) is 0 Å². The number of hydrogen-bond donors (Lipinski definition) is 2. The van der Waals surface area contributed by atoms with E-state index in [-0.39, 0.29) is 25.1 Å². The molecule has 1 heterocycles. The Labute approximate surface area is 170 Å². The van der Waals surface area contributed by atoms with E-state index in [1.165, 1.54) is 5.39 Å². The third kappa shape index (κ3) is 4.15. The van der Waals surface area contributed by atoms with E-state index in [1.807, 2.05) is 47.9 Å². The van der Waals surface area contributed by atoms with Crippen LogP contribution in [0, 0.1) is 0 Å². The average molecular weight is 387 g/mol. The lowest BCUT2D eigenvalue weighted by Gasteiger charge is -2.16. The van der Waals surface area contributed by atoms with Gasteiger partial charge in [0.25, 0.3) is 0 Å². The van der Waals surface area contributed by atoms with Crippen LogP contribution in [-0.4, -0.2) is 27.2 Å². The number of para-hydroxylation sites is 2. The molecule has 5 heteroatoms. The fourth-order valence-electron chi connectivity index (χ4n) is 3.72. The maximum absolute atomic E-state index is 12.8. The molecule has 29 heavy (non-hydrogen) atoms. The molecule has 0 saturated carbocycles. The van der Waals surface area contributed by atoms with Crippen molar-refractivity contribution >= 4 is 27.7 Å². The molecular weight excluding hydrogens is 362 g/mol. The molecule has 0 aliphatic rings. The van der Waals surface area contributed by atoms with Gasteiger partial charge in [0.15, 0.2) is 0 Å². The number of fused-ring (bicyclic) bond motifs is 2. The van der Waals surface area contributed by atoms with E-state index in [4.69, 9.17) is 0 Å². The second-order valence-electron chi connectivity index (χ2n) is 7.33. The van der Waals surface area contributed by atoms with Crippen molar-refractivity contribution in [1.29, 1.82) is 0 Å². The second kappa shape index (κ2) is 8.45. The second-order valence-corrected chi connectivity index (χ2v) is 7.33. The quantitative estimate of drug-likeness (QED) is 0.504. The van der Waals surface area contributed by atoms with Gasteiger partial charge in [0.05, 0.1) is 17.1 Å². The van der Waals surface area contributed by atoms with Crippen LogP contribution in [0.1, 0.15) is 30.8 Å². The zero-order chi connectivity index (χ0) is 20.2. The molecule has 0 unspecified atom stereocenters.